The number of hydrogen-bond acceptors (Lipinski definition) is 6. The highest BCUT2D eigenvalue weighted by Crippen LogP contribution is 2.39. The Balaban J connectivity index is 1.64. The van der Waals surface area contributed by atoms with Crippen molar-refractivity contribution in [3.63, 3.8) is 0 Å². The van der Waals surface area contributed by atoms with Crippen LogP contribution in [-0.4, -0.2) is 30.7 Å². The first-order valence-electron chi connectivity index (χ1n) is 9.97. The van der Waals surface area contributed by atoms with Gasteiger partial charge in [-0.2, -0.15) is 0 Å². The lowest BCUT2D eigenvalue weighted by atomic mass is 10.1. The molecule has 1 amide bonds. The van der Waals surface area contributed by atoms with Crippen molar-refractivity contribution in [2.75, 3.05) is 19.0 Å². The molecule has 2 N–H and O–H groups in total. The van der Waals surface area contributed by atoms with E-state index in [4.69, 9.17) is 21.7 Å². The molecule has 2 aromatic rings. The van der Waals surface area contributed by atoms with Crippen LogP contribution in [-0.2, 0) is 17.6 Å². The molecule has 0 saturated carbocycles. The summed E-state index contributed by atoms with van der Waals surface area (Å²) in [5.74, 6) is 0.459. The third-order valence-corrected chi connectivity index (χ3v) is 6.24. The van der Waals surface area contributed by atoms with Crippen LogP contribution in [0.25, 0.3) is 0 Å². The molecule has 1 aromatic heterocycles. The molecule has 8 heteroatoms. The molecule has 0 aliphatic heterocycles. The van der Waals surface area contributed by atoms with Crippen LogP contribution in [0.1, 0.15) is 57.8 Å². The van der Waals surface area contributed by atoms with E-state index in [2.05, 4.69) is 24.5 Å². The van der Waals surface area contributed by atoms with Gasteiger partial charge in [0.2, 0.25) is 0 Å². The summed E-state index contributed by atoms with van der Waals surface area (Å²) in [6, 6.07) is 6.99. The maximum atomic E-state index is 12.6. The van der Waals surface area contributed by atoms with E-state index < -0.39 is 5.97 Å². The average molecular weight is 447 g/mol. The lowest BCUT2D eigenvalue weighted by Gasteiger charge is -2.12. The van der Waals surface area contributed by atoms with Gasteiger partial charge >= 0.3 is 5.97 Å². The van der Waals surface area contributed by atoms with Crippen molar-refractivity contribution in [1.29, 1.82) is 0 Å². The van der Waals surface area contributed by atoms with Gasteiger partial charge in [-0.3, -0.25) is 10.1 Å². The molecule has 3 rings (SSSR count). The number of fused-ring (bicyclic) bond motifs is 1. The number of thiocarbonyl (C=S) groups is 1. The Morgan fingerprint density at radius 3 is 2.80 bits per heavy atom. The normalized spacial score (nSPS) is 12.4. The summed E-state index contributed by atoms with van der Waals surface area (Å²) < 4.78 is 10.7. The molecule has 1 aliphatic rings. The van der Waals surface area contributed by atoms with Gasteiger partial charge in [-0.15, -0.1) is 11.3 Å². The lowest BCUT2D eigenvalue weighted by molar-refractivity contribution is 0.0601. The second-order valence-electron chi connectivity index (χ2n) is 7.52. The van der Waals surface area contributed by atoms with Crippen LogP contribution < -0.4 is 15.4 Å². The van der Waals surface area contributed by atoms with Gasteiger partial charge in [-0.05, 0) is 67.6 Å². The van der Waals surface area contributed by atoms with Gasteiger partial charge in [0.05, 0.1) is 19.3 Å². The summed E-state index contributed by atoms with van der Waals surface area (Å²) in [5, 5.41) is 6.43. The Kier molecular flexibility index (Phi) is 7.44. The van der Waals surface area contributed by atoms with E-state index in [9.17, 15) is 9.59 Å². The highest BCUT2D eigenvalue weighted by Gasteiger charge is 2.27. The van der Waals surface area contributed by atoms with E-state index in [1.807, 2.05) is 6.07 Å². The molecule has 0 saturated heterocycles. The summed E-state index contributed by atoms with van der Waals surface area (Å²) in [5.41, 5.74) is 1.99. The number of ether oxygens (including phenoxy) is 2. The molecule has 0 spiro atoms. The molecule has 1 aromatic carbocycles. The first kappa shape index (κ1) is 22.2. The summed E-state index contributed by atoms with van der Waals surface area (Å²) in [6.07, 6.45) is 3.76. The molecular formula is C22H26N2O4S2. The quantitative estimate of drug-likeness (QED) is 0.479. The molecule has 0 radical (unpaired) electrons. The number of amides is 1. The monoisotopic (exact) mass is 446 g/mol. The number of esters is 1. The Hall–Kier alpha value is -2.45. The fourth-order valence-corrected chi connectivity index (χ4v) is 4.80. The van der Waals surface area contributed by atoms with Crippen molar-refractivity contribution in [1.82, 2.24) is 5.32 Å². The number of benzene rings is 1. The summed E-state index contributed by atoms with van der Waals surface area (Å²) in [7, 11) is 1.36. The Morgan fingerprint density at radius 1 is 1.27 bits per heavy atom. The number of carbonyl (C=O) groups excluding carboxylic acids is 2. The zero-order chi connectivity index (χ0) is 21.7. The van der Waals surface area contributed by atoms with Crippen LogP contribution in [0.5, 0.6) is 5.75 Å². The van der Waals surface area contributed by atoms with Crippen molar-refractivity contribution in [2.24, 2.45) is 5.92 Å². The van der Waals surface area contributed by atoms with Crippen molar-refractivity contribution >= 4 is 45.5 Å². The van der Waals surface area contributed by atoms with Gasteiger partial charge < -0.3 is 14.8 Å². The number of thiophene rings is 1. The van der Waals surface area contributed by atoms with E-state index in [0.29, 0.717) is 34.4 Å². The summed E-state index contributed by atoms with van der Waals surface area (Å²) >= 11 is 6.80. The van der Waals surface area contributed by atoms with Gasteiger partial charge in [-0.25, -0.2) is 4.79 Å². The SMILES string of the molecule is COC(=O)c1c(NC(=S)NC(=O)c2cccc(OCCC(C)C)c2)sc2c1CCC2. The number of methoxy groups -OCH3 is 1. The molecule has 0 fully saturated rings. The first-order chi connectivity index (χ1) is 14.4. The first-order valence-corrected chi connectivity index (χ1v) is 11.2. The Morgan fingerprint density at radius 2 is 2.07 bits per heavy atom. The molecule has 30 heavy (non-hydrogen) atoms. The van der Waals surface area contributed by atoms with Crippen molar-refractivity contribution in [3.05, 3.63) is 45.8 Å². The second-order valence-corrected chi connectivity index (χ2v) is 9.03. The number of anilines is 1. The number of carbonyl (C=O) groups is 2. The van der Waals surface area contributed by atoms with Gasteiger partial charge in [-0.1, -0.05) is 19.9 Å². The predicted octanol–water partition coefficient (Wildman–Crippen LogP) is 4.58. The smallest absolute Gasteiger partial charge is 0.341 e. The predicted molar refractivity (Wildman–Crippen MR) is 123 cm³/mol. The van der Waals surface area contributed by atoms with Crippen LogP contribution in [0.2, 0.25) is 0 Å². The van der Waals surface area contributed by atoms with Crippen LogP contribution in [0.15, 0.2) is 24.3 Å². The van der Waals surface area contributed by atoms with E-state index in [1.54, 1.807) is 18.2 Å². The molecule has 0 bridgehead atoms. The van der Waals surface area contributed by atoms with E-state index in [0.717, 1.165) is 31.2 Å². The zero-order valence-corrected chi connectivity index (χ0v) is 19.0. The van der Waals surface area contributed by atoms with E-state index >= 15 is 0 Å². The number of hydrogen-bond donors (Lipinski definition) is 2. The minimum atomic E-state index is -0.391. The third kappa shape index (κ3) is 5.37. The fraction of sp³-hybridized carbons (Fsp3) is 0.409. The number of rotatable bonds is 7. The van der Waals surface area contributed by atoms with Gasteiger partial charge in [0.1, 0.15) is 10.8 Å². The maximum Gasteiger partial charge on any atom is 0.341 e. The molecule has 1 aliphatic carbocycles. The molecule has 1 heterocycles. The van der Waals surface area contributed by atoms with Crippen molar-refractivity contribution in [2.45, 2.75) is 39.5 Å². The minimum Gasteiger partial charge on any atom is -0.494 e. The topological polar surface area (TPSA) is 76.7 Å². The maximum absolute atomic E-state index is 12.6. The largest absolute Gasteiger partial charge is 0.494 e. The molecule has 0 atom stereocenters. The summed E-state index contributed by atoms with van der Waals surface area (Å²) in [4.78, 5) is 26.0. The van der Waals surface area contributed by atoms with Crippen LogP contribution >= 0.6 is 23.6 Å². The van der Waals surface area contributed by atoms with Crippen LogP contribution in [0.3, 0.4) is 0 Å². The highest BCUT2D eigenvalue weighted by molar-refractivity contribution is 7.80. The molecule has 160 valence electrons. The lowest BCUT2D eigenvalue weighted by Crippen LogP contribution is -2.34. The molecular weight excluding hydrogens is 420 g/mol. The molecule has 0 unspecified atom stereocenters. The van der Waals surface area contributed by atoms with E-state index in [1.165, 1.54) is 23.3 Å². The molecule has 6 nitrogen and oxygen atoms in total. The van der Waals surface area contributed by atoms with E-state index in [-0.39, 0.29) is 11.0 Å². The van der Waals surface area contributed by atoms with Gasteiger partial charge in [0.15, 0.2) is 5.11 Å². The Labute approximate surface area is 186 Å². The second kappa shape index (κ2) is 10.0. The number of nitrogens with one attached hydrogen (secondary N) is 2. The third-order valence-electron chi connectivity index (χ3n) is 4.83. The highest BCUT2D eigenvalue weighted by atomic mass is 32.1. The van der Waals surface area contributed by atoms with Gasteiger partial charge in [0.25, 0.3) is 5.91 Å². The number of aryl methyl sites for hydroxylation is 1. The summed E-state index contributed by atoms with van der Waals surface area (Å²) in [6.45, 7) is 4.87. The standard InChI is InChI=1S/C22H26N2O4S2/c1-13(2)10-11-28-15-7-4-6-14(12-15)19(25)23-22(29)24-20-18(21(26)27-3)16-8-5-9-17(16)30-20/h4,6-7,12-13H,5,8-11H2,1-3H3,(H2,23,24,25,29). The van der Waals surface area contributed by atoms with Crippen molar-refractivity contribution < 1.29 is 19.1 Å². The minimum absolute atomic E-state index is 0.135. The Bertz CT molecular complexity index is 953. The average Bonchev–Trinajstić information content (AvgIpc) is 3.28. The van der Waals surface area contributed by atoms with Crippen LogP contribution in [0, 0.1) is 5.92 Å². The zero-order valence-electron chi connectivity index (χ0n) is 17.4. The fourth-order valence-electron chi connectivity index (χ4n) is 3.26. The van der Waals surface area contributed by atoms with Gasteiger partial charge in [0, 0.05) is 10.4 Å². The van der Waals surface area contributed by atoms with Crippen molar-refractivity contribution in [3.8, 4) is 5.75 Å². The van der Waals surface area contributed by atoms with Crippen LogP contribution in [0.4, 0.5) is 5.00 Å².